The minimum atomic E-state index is -0.562. The lowest BCUT2D eigenvalue weighted by Crippen LogP contribution is -2.38. The van der Waals surface area contributed by atoms with Gasteiger partial charge in [0.05, 0.1) is 18.8 Å². The van der Waals surface area contributed by atoms with E-state index in [0.717, 1.165) is 28.8 Å². The molecule has 0 spiro atoms. The van der Waals surface area contributed by atoms with E-state index in [-0.39, 0.29) is 30.9 Å². The summed E-state index contributed by atoms with van der Waals surface area (Å²) in [6.45, 7) is 3.41. The molecule has 1 heterocycles. The predicted molar refractivity (Wildman–Crippen MR) is 165 cm³/mol. The van der Waals surface area contributed by atoms with Crippen LogP contribution < -0.4 is 10.6 Å². The van der Waals surface area contributed by atoms with Crippen molar-refractivity contribution in [1.29, 1.82) is 0 Å². The lowest BCUT2D eigenvalue weighted by molar-refractivity contribution is -0.253. The summed E-state index contributed by atoms with van der Waals surface area (Å²) in [7, 11) is 2.12. The zero-order valence-electron chi connectivity index (χ0n) is 24.1. The van der Waals surface area contributed by atoms with E-state index in [0.29, 0.717) is 18.7 Å². The predicted octanol–water partition coefficient (Wildman–Crippen LogP) is 6.74. The topological polar surface area (TPSA) is 83.1 Å². The summed E-state index contributed by atoms with van der Waals surface area (Å²) < 4.78 is 13.0. The Labute approximate surface area is 248 Å². The molecular weight excluding hydrogens is 526 g/mol. The number of carbonyl (C=O) groups is 1. The fourth-order valence-corrected chi connectivity index (χ4v) is 5.18. The fourth-order valence-electron chi connectivity index (χ4n) is 5.18. The number of anilines is 1. The highest BCUT2D eigenvalue weighted by molar-refractivity contribution is 5.89. The molecule has 3 N–H and O–H groups in total. The van der Waals surface area contributed by atoms with Crippen LogP contribution in [0.5, 0.6) is 0 Å². The van der Waals surface area contributed by atoms with Gasteiger partial charge in [0.25, 0.3) is 0 Å². The maximum atomic E-state index is 12.4. The molecule has 7 nitrogen and oxygen atoms in total. The largest absolute Gasteiger partial charge is 0.392 e. The highest BCUT2D eigenvalue weighted by atomic mass is 16.7. The van der Waals surface area contributed by atoms with Gasteiger partial charge < -0.3 is 25.2 Å². The van der Waals surface area contributed by atoms with Crippen LogP contribution in [-0.4, -0.2) is 35.7 Å². The Hall–Kier alpha value is -4.01. The fraction of sp³-hybridized carbons (Fsp3) is 0.286. The van der Waals surface area contributed by atoms with Crippen molar-refractivity contribution in [1.82, 2.24) is 10.2 Å². The maximum Gasteiger partial charge on any atom is 0.319 e. The quantitative estimate of drug-likeness (QED) is 0.198. The Bertz CT molecular complexity index is 1400. The monoisotopic (exact) mass is 565 g/mol. The maximum absolute atomic E-state index is 12.4. The molecule has 1 saturated heterocycles. The first-order valence-corrected chi connectivity index (χ1v) is 14.4. The third-order valence-corrected chi connectivity index (χ3v) is 7.79. The zero-order chi connectivity index (χ0) is 29.3. The van der Waals surface area contributed by atoms with Crippen LogP contribution in [0.1, 0.15) is 59.6 Å². The van der Waals surface area contributed by atoms with Crippen molar-refractivity contribution in [3.8, 4) is 0 Å². The number of amides is 2. The molecule has 4 aromatic rings. The van der Waals surface area contributed by atoms with Crippen molar-refractivity contribution in [2.24, 2.45) is 0 Å². The molecule has 42 heavy (non-hydrogen) atoms. The van der Waals surface area contributed by atoms with Gasteiger partial charge in [-0.15, -0.1) is 0 Å². The van der Waals surface area contributed by atoms with Crippen LogP contribution in [0.3, 0.4) is 0 Å². The average molecular weight is 566 g/mol. The molecule has 0 aromatic heterocycles. The summed E-state index contributed by atoms with van der Waals surface area (Å²) in [5.74, 6) is 0. The van der Waals surface area contributed by atoms with Crippen molar-refractivity contribution in [2.75, 3.05) is 18.9 Å². The first kappa shape index (κ1) is 29.5. The number of benzene rings is 4. The molecule has 4 unspecified atom stereocenters. The van der Waals surface area contributed by atoms with E-state index in [1.807, 2.05) is 84.9 Å². The summed E-state index contributed by atoms with van der Waals surface area (Å²) in [5.41, 5.74) is 5.78. The van der Waals surface area contributed by atoms with Gasteiger partial charge in [0, 0.05) is 36.8 Å². The van der Waals surface area contributed by atoms with E-state index in [4.69, 9.17) is 9.47 Å². The Kier molecular flexibility index (Phi) is 10.0. The van der Waals surface area contributed by atoms with Gasteiger partial charge >= 0.3 is 6.03 Å². The number of ether oxygens (including phenoxy) is 2. The van der Waals surface area contributed by atoms with Gasteiger partial charge in [0.15, 0.2) is 6.29 Å². The van der Waals surface area contributed by atoms with Crippen LogP contribution in [0, 0.1) is 0 Å². The van der Waals surface area contributed by atoms with E-state index < -0.39 is 6.29 Å². The van der Waals surface area contributed by atoms with Gasteiger partial charge in [0.1, 0.15) is 0 Å². The van der Waals surface area contributed by atoms with E-state index in [9.17, 15) is 9.90 Å². The van der Waals surface area contributed by atoms with E-state index in [1.54, 1.807) is 0 Å². The molecule has 7 heteroatoms. The number of nitrogens with zero attached hydrogens (tertiary/aromatic N) is 1. The standard InChI is InChI=1S/C35H39N3O4/c1-25(28-11-7-4-8-12-28)38(2)23-32-21-33(29-15-13-27(24-39)14-16-29)42-34(41-32)30-17-19-31(20-18-30)37-35(40)36-22-26-9-5-3-6-10-26/h3-20,25,32-34,39H,21-24H2,1-2H3,(H2,36,37,40). The number of aliphatic hydroxyl groups is 1. The van der Waals surface area contributed by atoms with Crippen LogP contribution >= 0.6 is 0 Å². The Balaban J connectivity index is 1.26. The molecule has 4 aromatic carbocycles. The lowest BCUT2D eigenvalue weighted by Gasteiger charge is -2.39. The first-order valence-electron chi connectivity index (χ1n) is 14.4. The molecule has 1 aliphatic heterocycles. The molecule has 5 rings (SSSR count). The van der Waals surface area contributed by atoms with Crippen LogP contribution in [0.4, 0.5) is 10.5 Å². The van der Waals surface area contributed by atoms with Crippen LogP contribution in [0.2, 0.25) is 0 Å². The van der Waals surface area contributed by atoms with Gasteiger partial charge in [-0.05, 0) is 48.4 Å². The van der Waals surface area contributed by atoms with Crippen molar-refractivity contribution in [3.05, 3.63) is 137 Å². The van der Waals surface area contributed by atoms with Gasteiger partial charge in [-0.1, -0.05) is 97.1 Å². The molecule has 218 valence electrons. The molecule has 0 aliphatic carbocycles. The molecule has 4 atom stereocenters. The molecule has 0 bridgehead atoms. The second-order valence-corrected chi connectivity index (χ2v) is 10.8. The molecule has 1 fully saturated rings. The number of nitrogens with one attached hydrogen (secondary N) is 2. The first-order chi connectivity index (χ1) is 20.5. The Morgan fingerprint density at radius 2 is 1.50 bits per heavy atom. The number of likely N-dealkylation sites (N-methyl/N-ethyl adjacent to an activating group) is 1. The summed E-state index contributed by atoms with van der Waals surface area (Å²) in [6, 6.07) is 35.7. The van der Waals surface area contributed by atoms with Gasteiger partial charge in [-0.2, -0.15) is 0 Å². The third-order valence-electron chi connectivity index (χ3n) is 7.79. The van der Waals surface area contributed by atoms with E-state index in [1.165, 1.54) is 5.56 Å². The second kappa shape index (κ2) is 14.2. The minimum Gasteiger partial charge on any atom is -0.392 e. The van der Waals surface area contributed by atoms with E-state index >= 15 is 0 Å². The minimum absolute atomic E-state index is 0.00694. The van der Waals surface area contributed by atoms with Crippen molar-refractivity contribution < 1.29 is 19.4 Å². The summed E-state index contributed by atoms with van der Waals surface area (Å²) in [4.78, 5) is 14.7. The Morgan fingerprint density at radius 1 is 0.857 bits per heavy atom. The van der Waals surface area contributed by atoms with Crippen LogP contribution in [0.15, 0.2) is 109 Å². The number of urea groups is 1. The van der Waals surface area contributed by atoms with Gasteiger partial charge in [-0.25, -0.2) is 4.79 Å². The number of hydrogen-bond acceptors (Lipinski definition) is 5. The smallest absolute Gasteiger partial charge is 0.319 e. The number of hydrogen-bond donors (Lipinski definition) is 3. The molecular formula is C35H39N3O4. The lowest BCUT2D eigenvalue weighted by atomic mass is 9.99. The summed E-state index contributed by atoms with van der Waals surface area (Å²) in [6.07, 6.45) is -0.0812. The SMILES string of the molecule is CC(c1ccccc1)N(C)CC1CC(c2ccc(CO)cc2)OC(c2ccc(NC(=O)NCc3ccccc3)cc2)O1. The van der Waals surface area contributed by atoms with Gasteiger partial charge in [-0.3, -0.25) is 4.90 Å². The molecule has 2 amide bonds. The Morgan fingerprint density at radius 3 is 2.17 bits per heavy atom. The van der Waals surface area contributed by atoms with Crippen LogP contribution in [-0.2, 0) is 22.6 Å². The third kappa shape index (κ3) is 7.84. The van der Waals surface area contributed by atoms with E-state index in [2.05, 4.69) is 53.8 Å². The highest BCUT2D eigenvalue weighted by Crippen LogP contribution is 2.38. The highest BCUT2D eigenvalue weighted by Gasteiger charge is 2.33. The summed E-state index contributed by atoms with van der Waals surface area (Å²) >= 11 is 0. The van der Waals surface area contributed by atoms with Crippen molar-refractivity contribution in [3.63, 3.8) is 0 Å². The average Bonchev–Trinajstić information content (AvgIpc) is 3.04. The number of carbonyl (C=O) groups excluding carboxylic acids is 1. The van der Waals surface area contributed by atoms with Gasteiger partial charge in [0.2, 0.25) is 0 Å². The second-order valence-electron chi connectivity index (χ2n) is 10.8. The molecule has 1 aliphatic rings. The van der Waals surface area contributed by atoms with Crippen molar-refractivity contribution >= 4 is 11.7 Å². The van der Waals surface area contributed by atoms with Crippen LogP contribution in [0.25, 0.3) is 0 Å². The zero-order valence-corrected chi connectivity index (χ0v) is 24.1. The summed E-state index contributed by atoms with van der Waals surface area (Å²) in [5, 5.41) is 15.3. The number of aliphatic hydroxyl groups excluding tert-OH is 1. The molecule has 0 saturated carbocycles. The number of rotatable bonds is 10. The molecule has 0 radical (unpaired) electrons. The van der Waals surface area contributed by atoms with Crippen molar-refractivity contribution in [2.45, 2.75) is 51.0 Å². The normalized spacial score (nSPS) is 19.3.